The van der Waals surface area contributed by atoms with E-state index in [4.69, 9.17) is 0 Å². The second-order valence-corrected chi connectivity index (χ2v) is 5.07. The lowest BCUT2D eigenvalue weighted by Crippen LogP contribution is -2.20. The van der Waals surface area contributed by atoms with Crippen LogP contribution in [0.15, 0.2) is 34.9 Å². The molecule has 0 saturated carbocycles. The van der Waals surface area contributed by atoms with Crippen molar-refractivity contribution in [2.75, 3.05) is 0 Å². The summed E-state index contributed by atoms with van der Waals surface area (Å²) in [5.41, 5.74) is 2.01. The molecule has 3 nitrogen and oxygen atoms in total. The maximum absolute atomic E-state index is 13.1. The Morgan fingerprint density at radius 2 is 2.22 bits per heavy atom. The Kier molecular flexibility index (Phi) is 4.14. The standard InChI is InChI=1S/C13H15BrFN3/c1-9(13-5-6-17-18(13)2)16-8-10-7-11(15)3-4-12(10)14/h3-7,9,16H,8H2,1-2H3. The maximum Gasteiger partial charge on any atom is 0.123 e. The van der Waals surface area contributed by atoms with Crippen molar-refractivity contribution < 1.29 is 4.39 Å². The molecule has 96 valence electrons. The SMILES string of the molecule is CC(NCc1cc(F)ccc1Br)c1ccnn1C. The molecule has 2 rings (SSSR count). The minimum Gasteiger partial charge on any atom is -0.305 e. The molecule has 0 aliphatic carbocycles. The lowest BCUT2D eigenvalue weighted by molar-refractivity contribution is 0.527. The zero-order valence-electron chi connectivity index (χ0n) is 10.3. The number of hydrogen-bond donors (Lipinski definition) is 1. The highest BCUT2D eigenvalue weighted by Crippen LogP contribution is 2.19. The minimum atomic E-state index is -0.219. The summed E-state index contributed by atoms with van der Waals surface area (Å²) in [6.07, 6.45) is 1.77. The number of nitrogens with zero attached hydrogens (tertiary/aromatic N) is 2. The molecule has 18 heavy (non-hydrogen) atoms. The van der Waals surface area contributed by atoms with Crippen LogP contribution in [-0.2, 0) is 13.6 Å². The number of nitrogens with one attached hydrogen (secondary N) is 1. The highest BCUT2D eigenvalue weighted by Gasteiger charge is 2.09. The van der Waals surface area contributed by atoms with Gasteiger partial charge in [-0.3, -0.25) is 4.68 Å². The molecule has 1 heterocycles. The molecule has 0 aliphatic heterocycles. The minimum absolute atomic E-state index is 0.160. The predicted octanol–water partition coefficient (Wildman–Crippen LogP) is 3.17. The van der Waals surface area contributed by atoms with Crippen LogP contribution in [0.4, 0.5) is 4.39 Å². The topological polar surface area (TPSA) is 29.9 Å². The highest BCUT2D eigenvalue weighted by atomic mass is 79.9. The van der Waals surface area contributed by atoms with Gasteiger partial charge in [0.2, 0.25) is 0 Å². The second kappa shape index (κ2) is 5.63. The monoisotopic (exact) mass is 311 g/mol. The van der Waals surface area contributed by atoms with Gasteiger partial charge in [-0.15, -0.1) is 0 Å². The van der Waals surface area contributed by atoms with Gasteiger partial charge >= 0.3 is 0 Å². The van der Waals surface area contributed by atoms with E-state index in [1.807, 2.05) is 17.8 Å². The van der Waals surface area contributed by atoms with Crippen molar-refractivity contribution in [1.29, 1.82) is 0 Å². The Bertz CT molecular complexity index is 539. The Balaban J connectivity index is 2.03. The van der Waals surface area contributed by atoms with Gasteiger partial charge in [0.25, 0.3) is 0 Å². The van der Waals surface area contributed by atoms with Gasteiger partial charge in [0.1, 0.15) is 5.82 Å². The van der Waals surface area contributed by atoms with E-state index in [0.29, 0.717) is 6.54 Å². The van der Waals surface area contributed by atoms with Crippen LogP contribution in [0.1, 0.15) is 24.2 Å². The molecule has 0 bridgehead atoms. The van der Waals surface area contributed by atoms with Crippen molar-refractivity contribution in [1.82, 2.24) is 15.1 Å². The van der Waals surface area contributed by atoms with Crippen molar-refractivity contribution in [3.63, 3.8) is 0 Å². The van der Waals surface area contributed by atoms with Crippen LogP contribution in [-0.4, -0.2) is 9.78 Å². The van der Waals surface area contributed by atoms with Crippen molar-refractivity contribution in [3.05, 3.63) is 52.0 Å². The van der Waals surface area contributed by atoms with E-state index in [0.717, 1.165) is 15.7 Å². The van der Waals surface area contributed by atoms with Gasteiger partial charge in [-0.05, 0) is 36.8 Å². The van der Waals surface area contributed by atoms with Crippen LogP contribution in [0.5, 0.6) is 0 Å². The molecule has 1 atom stereocenters. The van der Waals surface area contributed by atoms with Crippen LogP contribution in [0.2, 0.25) is 0 Å². The summed E-state index contributed by atoms with van der Waals surface area (Å²) in [5.74, 6) is -0.219. The van der Waals surface area contributed by atoms with E-state index < -0.39 is 0 Å². The molecule has 0 saturated heterocycles. The number of rotatable bonds is 4. The Morgan fingerprint density at radius 1 is 1.44 bits per heavy atom. The van der Waals surface area contributed by atoms with E-state index in [-0.39, 0.29) is 11.9 Å². The predicted molar refractivity (Wildman–Crippen MR) is 72.6 cm³/mol. The van der Waals surface area contributed by atoms with Crippen LogP contribution in [0, 0.1) is 5.82 Å². The normalized spacial score (nSPS) is 12.7. The van der Waals surface area contributed by atoms with Crippen molar-refractivity contribution in [3.8, 4) is 0 Å². The third-order valence-corrected chi connectivity index (χ3v) is 3.68. The molecule has 1 unspecified atom stereocenters. The Morgan fingerprint density at radius 3 is 2.89 bits per heavy atom. The van der Waals surface area contributed by atoms with Gasteiger partial charge in [0.15, 0.2) is 0 Å². The first kappa shape index (κ1) is 13.2. The van der Waals surface area contributed by atoms with E-state index in [1.165, 1.54) is 12.1 Å². The fourth-order valence-electron chi connectivity index (χ4n) is 1.86. The molecule has 0 fully saturated rings. The summed E-state index contributed by atoms with van der Waals surface area (Å²) in [6.45, 7) is 2.66. The van der Waals surface area contributed by atoms with Crippen LogP contribution < -0.4 is 5.32 Å². The largest absolute Gasteiger partial charge is 0.305 e. The van der Waals surface area contributed by atoms with Crippen LogP contribution in [0.3, 0.4) is 0 Å². The molecular formula is C13H15BrFN3. The zero-order valence-corrected chi connectivity index (χ0v) is 11.9. The van der Waals surface area contributed by atoms with E-state index in [1.54, 1.807) is 12.3 Å². The highest BCUT2D eigenvalue weighted by molar-refractivity contribution is 9.10. The molecule has 5 heteroatoms. The van der Waals surface area contributed by atoms with Gasteiger partial charge in [-0.25, -0.2) is 4.39 Å². The summed E-state index contributed by atoms with van der Waals surface area (Å²) in [7, 11) is 1.91. The molecule has 0 aliphatic rings. The van der Waals surface area contributed by atoms with Crippen molar-refractivity contribution in [2.24, 2.45) is 7.05 Å². The first-order valence-electron chi connectivity index (χ1n) is 5.73. The number of benzene rings is 1. The molecule has 1 aromatic heterocycles. The zero-order chi connectivity index (χ0) is 13.1. The molecule has 0 amide bonds. The third-order valence-electron chi connectivity index (χ3n) is 2.91. The lowest BCUT2D eigenvalue weighted by atomic mass is 10.2. The Hall–Kier alpha value is -1.20. The van der Waals surface area contributed by atoms with E-state index in [9.17, 15) is 4.39 Å². The van der Waals surface area contributed by atoms with Gasteiger partial charge in [-0.2, -0.15) is 5.10 Å². The number of aromatic nitrogens is 2. The second-order valence-electron chi connectivity index (χ2n) is 4.22. The smallest absolute Gasteiger partial charge is 0.123 e. The summed E-state index contributed by atoms with van der Waals surface area (Å²) >= 11 is 3.42. The third kappa shape index (κ3) is 2.97. The summed E-state index contributed by atoms with van der Waals surface area (Å²) in [6, 6.07) is 6.83. The average molecular weight is 312 g/mol. The quantitative estimate of drug-likeness (QED) is 0.940. The molecule has 0 spiro atoms. The first-order chi connectivity index (χ1) is 8.58. The molecule has 1 N–H and O–H groups in total. The van der Waals surface area contributed by atoms with E-state index in [2.05, 4.69) is 33.3 Å². The summed E-state index contributed by atoms with van der Waals surface area (Å²) in [4.78, 5) is 0. The number of halogens is 2. The first-order valence-corrected chi connectivity index (χ1v) is 6.52. The molecular weight excluding hydrogens is 297 g/mol. The molecule has 2 aromatic rings. The van der Waals surface area contributed by atoms with Gasteiger partial charge in [-0.1, -0.05) is 15.9 Å². The number of hydrogen-bond acceptors (Lipinski definition) is 2. The maximum atomic E-state index is 13.1. The summed E-state index contributed by atoms with van der Waals surface area (Å²) in [5, 5.41) is 7.48. The fourth-order valence-corrected chi connectivity index (χ4v) is 2.24. The lowest BCUT2D eigenvalue weighted by Gasteiger charge is -2.15. The van der Waals surface area contributed by atoms with Crippen LogP contribution in [0.25, 0.3) is 0 Å². The van der Waals surface area contributed by atoms with Gasteiger partial charge < -0.3 is 5.32 Å². The molecule has 0 radical (unpaired) electrons. The Labute approximate surface area is 114 Å². The summed E-state index contributed by atoms with van der Waals surface area (Å²) < 4.78 is 15.9. The van der Waals surface area contributed by atoms with Crippen molar-refractivity contribution in [2.45, 2.75) is 19.5 Å². The van der Waals surface area contributed by atoms with E-state index >= 15 is 0 Å². The van der Waals surface area contributed by atoms with Gasteiger partial charge in [0, 0.05) is 30.3 Å². The van der Waals surface area contributed by atoms with Crippen molar-refractivity contribution >= 4 is 15.9 Å². The molecule has 1 aromatic carbocycles. The van der Waals surface area contributed by atoms with Gasteiger partial charge in [0.05, 0.1) is 5.69 Å². The average Bonchev–Trinajstić information content (AvgIpc) is 2.76. The number of aryl methyl sites for hydroxylation is 1. The fraction of sp³-hybridized carbons (Fsp3) is 0.308. The van der Waals surface area contributed by atoms with Crippen LogP contribution >= 0.6 is 15.9 Å².